The van der Waals surface area contributed by atoms with Crippen LogP contribution in [0.1, 0.15) is 30.7 Å². The Hall–Kier alpha value is -2.07. The Morgan fingerprint density at radius 3 is 2.52 bits per heavy atom. The van der Waals surface area contributed by atoms with Gasteiger partial charge in [0.05, 0.1) is 10.8 Å². The summed E-state index contributed by atoms with van der Waals surface area (Å²) in [5, 5.41) is 11.3. The molecule has 0 saturated carbocycles. The summed E-state index contributed by atoms with van der Waals surface area (Å²) in [7, 11) is 0. The summed E-state index contributed by atoms with van der Waals surface area (Å²) in [6.45, 7) is 7.36. The molecule has 1 aromatic heterocycles. The van der Waals surface area contributed by atoms with Crippen LogP contribution >= 0.6 is 11.8 Å². The molecule has 0 aliphatic heterocycles. The monoisotopic (exact) mass is 306 g/mol. The first-order valence-corrected chi connectivity index (χ1v) is 7.29. The highest BCUT2D eigenvalue weighted by Crippen LogP contribution is 2.31. The first kappa shape index (κ1) is 17.0. The molecule has 1 rings (SSSR count). The number of pyridine rings is 1. The third-order valence-corrected chi connectivity index (χ3v) is 4.30. The van der Waals surface area contributed by atoms with E-state index in [1.807, 2.05) is 33.8 Å². The van der Waals surface area contributed by atoms with Crippen molar-refractivity contribution < 1.29 is 9.59 Å². The number of urea groups is 1. The minimum absolute atomic E-state index is 0.0523. The van der Waals surface area contributed by atoms with Gasteiger partial charge in [0, 0.05) is 5.69 Å². The van der Waals surface area contributed by atoms with Crippen LogP contribution in [0, 0.1) is 31.1 Å². The average Bonchev–Trinajstić information content (AvgIpc) is 2.33. The smallest absolute Gasteiger partial charge is 0.318 e. The molecule has 1 heterocycles. The minimum atomic E-state index is -0.889. The van der Waals surface area contributed by atoms with Gasteiger partial charge in [-0.3, -0.25) is 10.1 Å². The molecule has 6 nitrogen and oxygen atoms in total. The Kier molecular flexibility index (Phi) is 5.73. The Bertz CT molecular complexity index is 608. The molecule has 0 radical (unpaired) electrons. The largest absolute Gasteiger partial charge is 0.351 e. The predicted molar refractivity (Wildman–Crippen MR) is 80.6 cm³/mol. The topological polar surface area (TPSA) is 109 Å². The summed E-state index contributed by atoms with van der Waals surface area (Å²) in [4.78, 5) is 27.2. The SMILES string of the molecule is Cc1cc(C)c(C#N)c(SC(C(=O)NC(N)=O)C(C)C)n1. The van der Waals surface area contributed by atoms with Crippen LogP contribution in [0.5, 0.6) is 0 Å². The molecule has 0 aromatic carbocycles. The van der Waals surface area contributed by atoms with E-state index in [2.05, 4.69) is 16.4 Å². The van der Waals surface area contributed by atoms with Crippen molar-refractivity contribution >= 4 is 23.7 Å². The number of carbonyl (C=O) groups is 2. The number of thioether (sulfide) groups is 1. The van der Waals surface area contributed by atoms with Gasteiger partial charge in [-0.05, 0) is 31.4 Å². The summed E-state index contributed by atoms with van der Waals surface area (Å²) in [6, 6.07) is 3.04. The predicted octanol–water partition coefficient (Wildman–Crippen LogP) is 1.88. The number of carbonyl (C=O) groups excluding carboxylic acids is 2. The van der Waals surface area contributed by atoms with Crippen molar-refractivity contribution in [2.75, 3.05) is 0 Å². The zero-order valence-corrected chi connectivity index (χ0v) is 13.2. The third kappa shape index (κ3) is 4.46. The van der Waals surface area contributed by atoms with Crippen LogP contribution in [0.3, 0.4) is 0 Å². The van der Waals surface area contributed by atoms with Crippen molar-refractivity contribution in [3.63, 3.8) is 0 Å². The van der Waals surface area contributed by atoms with E-state index >= 15 is 0 Å². The zero-order valence-electron chi connectivity index (χ0n) is 12.4. The Balaban J connectivity index is 3.14. The Morgan fingerprint density at radius 1 is 1.43 bits per heavy atom. The Morgan fingerprint density at radius 2 is 2.05 bits per heavy atom. The van der Waals surface area contributed by atoms with Crippen molar-refractivity contribution in [1.82, 2.24) is 10.3 Å². The van der Waals surface area contributed by atoms with Crippen LogP contribution in [-0.2, 0) is 4.79 Å². The molecule has 3 N–H and O–H groups in total. The number of aromatic nitrogens is 1. The molecule has 7 heteroatoms. The summed E-state index contributed by atoms with van der Waals surface area (Å²) < 4.78 is 0. The second kappa shape index (κ2) is 7.09. The highest BCUT2D eigenvalue weighted by atomic mass is 32.2. The highest BCUT2D eigenvalue weighted by Gasteiger charge is 2.26. The van der Waals surface area contributed by atoms with Gasteiger partial charge in [-0.25, -0.2) is 9.78 Å². The lowest BCUT2D eigenvalue weighted by Crippen LogP contribution is -2.42. The van der Waals surface area contributed by atoms with Gasteiger partial charge >= 0.3 is 6.03 Å². The first-order valence-electron chi connectivity index (χ1n) is 6.41. The number of nitriles is 1. The van der Waals surface area contributed by atoms with E-state index in [4.69, 9.17) is 5.73 Å². The maximum absolute atomic E-state index is 12.0. The van der Waals surface area contributed by atoms with E-state index in [0.29, 0.717) is 10.6 Å². The molecule has 1 aromatic rings. The number of nitrogens with zero attached hydrogens (tertiary/aromatic N) is 2. The number of nitrogens with one attached hydrogen (secondary N) is 1. The normalized spacial score (nSPS) is 11.8. The van der Waals surface area contributed by atoms with Gasteiger partial charge in [-0.1, -0.05) is 25.6 Å². The van der Waals surface area contributed by atoms with Crippen LogP contribution in [-0.4, -0.2) is 22.2 Å². The third-order valence-electron chi connectivity index (χ3n) is 2.77. The molecule has 112 valence electrons. The number of imide groups is 1. The molecule has 0 saturated heterocycles. The van der Waals surface area contributed by atoms with Crippen molar-refractivity contribution in [3.8, 4) is 6.07 Å². The lowest BCUT2D eigenvalue weighted by atomic mass is 10.1. The summed E-state index contributed by atoms with van der Waals surface area (Å²) >= 11 is 1.17. The number of amides is 3. The molecule has 21 heavy (non-hydrogen) atoms. The molecule has 0 aliphatic rings. The minimum Gasteiger partial charge on any atom is -0.351 e. The molecule has 1 unspecified atom stereocenters. The number of hydrogen-bond donors (Lipinski definition) is 2. The Labute approximate surface area is 128 Å². The van der Waals surface area contributed by atoms with Crippen LogP contribution in [0.4, 0.5) is 4.79 Å². The number of nitrogens with two attached hydrogens (primary N) is 1. The average molecular weight is 306 g/mol. The molecule has 0 aliphatic carbocycles. The van der Waals surface area contributed by atoms with Gasteiger partial charge in [0.2, 0.25) is 5.91 Å². The van der Waals surface area contributed by atoms with Crippen molar-refractivity contribution in [1.29, 1.82) is 5.26 Å². The van der Waals surface area contributed by atoms with E-state index in [1.165, 1.54) is 11.8 Å². The molecule has 0 fully saturated rings. The number of aryl methyl sites for hydroxylation is 2. The molecule has 3 amide bonds. The van der Waals surface area contributed by atoms with E-state index in [1.54, 1.807) is 0 Å². The molecule has 0 bridgehead atoms. The van der Waals surface area contributed by atoms with Crippen LogP contribution in [0.2, 0.25) is 0 Å². The van der Waals surface area contributed by atoms with Crippen LogP contribution < -0.4 is 11.1 Å². The van der Waals surface area contributed by atoms with Crippen LogP contribution in [0.15, 0.2) is 11.1 Å². The second-order valence-corrected chi connectivity index (χ2v) is 6.14. The van der Waals surface area contributed by atoms with E-state index < -0.39 is 17.2 Å². The number of primary amides is 1. The fourth-order valence-electron chi connectivity index (χ4n) is 1.83. The quantitative estimate of drug-likeness (QED) is 0.825. The van der Waals surface area contributed by atoms with Gasteiger partial charge < -0.3 is 5.73 Å². The second-order valence-electron chi connectivity index (χ2n) is 5.01. The van der Waals surface area contributed by atoms with Gasteiger partial charge in [0.25, 0.3) is 0 Å². The lowest BCUT2D eigenvalue weighted by Gasteiger charge is -2.19. The lowest BCUT2D eigenvalue weighted by molar-refractivity contribution is -0.120. The maximum Gasteiger partial charge on any atom is 0.318 e. The number of hydrogen-bond acceptors (Lipinski definition) is 5. The summed E-state index contributed by atoms with van der Waals surface area (Å²) in [5.41, 5.74) is 7.01. The van der Waals surface area contributed by atoms with Gasteiger partial charge in [0.15, 0.2) is 0 Å². The summed E-state index contributed by atoms with van der Waals surface area (Å²) in [5.74, 6) is -0.532. The van der Waals surface area contributed by atoms with Crippen molar-refractivity contribution in [3.05, 3.63) is 22.9 Å². The fourth-order valence-corrected chi connectivity index (χ4v) is 3.03. The fraction of sp³-hybridized carbons (Fsp3) is 0.429. The van der Waals surface area contributed by atoms with Crippen molar-refractivity contribution in [2.45, 2.75) is 38.0 Å². The maximum atomic E-state index is 12.0. The highest BCUT2D eigenvalue weighted by molar-refractivity contribution is 8.00. The van der Waals surface area contributed by atoms with Crippen molar-refractivity contribution in [2.24, 2.45) is 11.7 Å². The van der Waals surface area contributed by atoms with Gasteiger partial charge in [-0.2, -0.15) is 5.26 Å². The van der Waals surface area contributed by atoms with E-state index in [0.717, 1.165) is 11.3 Å². The first-order chi connectivity index (χ1) is 9.76. The van der Waals surface area contributed by atoms with Gasteiger partial charge in [0.1, 0.15) is 11.1 Å². The van der Waals surface area contributed by atoms with E-state index in [9.17, 15) is 14.9 Å². The van der Waals surface area contributed by atoms with E-state index in [-0.39, 0.29) is 5.92 Å². The summed E-state index contributed by atoms with van der Waals surface area (Å²) in [6.07, 6.45) is 0. The zero-order chi connectivity index (χ0) is 16.2. The molecular weight excluding hydrogens is 288 g/mol. The van der Waals surface area contributed by atoms with Gasteiger partial charge in [-0.15, -0.1) is 0 Å². The molecule has 0 spiro atoms. The molecular formula is C14H18N4O2S. The molecule has 1 atom stereocenters. The standard InChI is InChI=1S/C14H18N4O2S/c1-7(2)11(12(19)18-14(16)20)21-13-10(6-15)8(3)5-9(4)17-13/h5,7,11H,1-4H3,(H3,16,18,19,20). The number of rotatable bonds is 4. The van der Waals surface area contributed by atoms with Crippen LogP contribution in [0.25, 0.3) is 0 Å².